The molecule has 2 aromatic rings. The van der Waals surface area contributed by atoms with Crippen LogP contribution < -0.4 is 0 Å². The third-order valence-corrected chi connectivity index (χ3v) is 4.01. The Morgan fingerprint density at radius 2 is 1.79 bits per heavy atom. The van der Waals surface area contributed by atoms with Gasteiger partial charge in [0.2, 0.25) is 0 Å². The maximum atomic E-state index is 5.41. The van der Waals surface area contributed by atoms with Gasteiger partial charge in [0.15, 0.2) is 0 Å². The first-order valence-corrected chi connectivity index (χ1v) is 6.97. The molecule has 0 radical (unpaired) electrons. The van der Waals surface area contributed by atoms with Crippen LogP contribution in [0.3, 0.4) is 0 Å². The molecule has 2 heteroatoms. The number of aryl methyl sites for hydroxylation is 1. The summed E-state index contributed by atoms with van der Waals surface area (Å²) in [6.45, 7) is 3.39. The van der Waals surface area contributed by atoms with Crippen molar-refractivity contribution in [3.8, 4) is 0 Å². The van der Waals surface area contributed by atoms with Crippen molar-refractivity contribution in [2.45, 2.75) is 32.4 Å². The summed E-state index contributed by atoms with van der Waals surface area (Å²) in [6.07, 6.45) is 3.92. The van der Waals surface area contributed by atoms with Gasteiger partial charge < -0.3 is 8.90 Å². The van der Waals surface area contributed by atoms with Crippen molar-refractivity contribution >= 4 is 0 Å². The average Bonchev–Trinajstić information content (AvgIpc) is 2.89. The first-order chi connectivity index (χ1) is 9.08. The molecule has 1 unspecified atom stereocenters. The van der Waals surface area contributed by atoms with Gasteiger partial charge in [-0.25, -0.2) is 0 Å². The van der Waals surface area contributed by atoms with E-state index in [1.54, 1.807) is 6.26 Å². The van der Waals surface area contributed by atoms with Crippen LogP contribution in [0.2, 0.25) is 0 Å². The number of benzene rings is 1. The first kappa shape index (κ1) is 13.9. The van der Waals surface area contributed by atoms with E-state index < -0.39 is 0 Å². The Hall–Kier alpha value is -1.54. The minimum absolute atomic E-state index is 0.602. The Kier molecular flexibility index (Phi) is 4.43. The summed E-state index contributed by atoms with van der Waals surface area (Å²) in [7, 11) is 4.61. The van der Waals surface area contributed by atoms with E-state index in [0.717, 1.165) is 29.6 Å². The number of hydrogen-bond donors (Lipinski definition) is 0. The second-order valence-electron chi connectivity index (χ2n) is 5.89. The predicted molar refractivity (Wildman–Crippen MR) is 78.7 cm³/mol. The molecule has 19 heavy (non-hydrogen) atoms. The number of quaternary nitrogens is 1. The van der Waals surface area contributed by atoms with Gasteiger partial charge in [-0.1, -0.05) is 30.3 Å². The van der Waals surface area contributed by atoms with E-state index in [9.17, 15) is 0 Å². The Morgan fingerprint density at radius 1 is 1.05 bits per heavy atom. The van der Waals surface area contributed by atoms with Gasteiger partial charge in [0.1, 0.15) is 12.3 Å². The topological polar surface area (TPSA) is 13.1 Å². The molecule has 2 nitrogen and oxygen atoms in total. The molecule has 0 aliphatic heterocycles. The van der Waals surface area contributed by atoms with E-state index in [2.05, 4.69) is 57.4 Å². The van der Waals surface area contributed by atoms with E-state index in [0.29, 0.717) is 6.04 Å². The molecule has 0 saturated carbocycles. The molecule has 2 rings (SSSR count). The molecule has 0 saturated heterocycles. The summed E-state index contributed by atoms with van der Waals surface area (Å²) < 4.78 is 6.41. The summed E-state index contributed by atoms with van der Waals surface area (Å²) in [5, 5.41) is 0. The fraction of sp³-hybridized carbons (Fsp3) is 0.412. The zero-order valence-corrected chi connectivity index (χ0v) is 12.2. The van der Waals surface area contributed by atoms with Crippen molar-refractivity contribution in [1.29, 1.82) is 0 Å². The van der Waals surface area contributed by atoms with Crippen LogP contribution in [0.25, 0.3) is 0 Å². The van der Waals surface area contributed by atoms with Crippen LogP contribution in [-0.4, -0.2) is 24.6 Å². The smallest absolute Gasteiger partial charge is 0.104 e. The van der Waals surface area contributed by atoms with Crippen LogP contribution in [0.15, 0.2) is 53.1 Å². The molecule has 0 aliphatic carbocycles. The monoisotopic (exact) mass is 258 g/mol. The highest BCUT2D eigenvalue weighted by atomic mass is 16.3. The van der Waals surface area contributed by atoms with E-state index in [1.807, 2.05) is 6.07 Å². The molecule has 1 heterocycles. The Bertz CT molecular complexity index is 473. The van der Waals surface area contributed by atoms with Gasteiger partial charge in [0, 0.05) is 18.4 Å². The van der Waals surface area contributed by atoms with Crippen LogP contribution in [0, 0.1) is 0 Å². The Morgan fingerprint density at radius 3 is 2.42 bits per heavy atom. The normalized spacial score (nSPS) is 13.4. The zero-order chi connectivity index (χ0) is 13.7. The highest BCUT2D eigenvalue weighted by Crippen LogP contribution is 2.18. The summed E-state index contributed by atoms with van der Waals surface area (Å²) in [4.78, 5) is 0. The average molecular weight is 258 g/mol. The molecular weight excluding hydrogens is 234 g/mol. The van der Waals surface area contributed by atoms with E-state index in [1.165, 1.54) is 5.56 Å². The van der Waals surface area contributed by atoms with Gasteiger partial charge in [-0.05, 0) is 19.1 Å². The van der Waals surface area contributed by atoms with Crippen molar-refractivity contribution in [3.63, 3.8) is 0 Å². The third kappa shape index (κ3) is 3.97. The molecular formula is C17H24NO+. The van der Waals surface area contributed by atoms with E-state index >= 15 is 0 Å². The van der Waals surface area contributed by atoms with Crippen LogP contribution >= 0.6 is 0 Å². The van der Waals surface area contributed by atoms with Gasteiger partial charge in [-0.15, -0.1) is 0 Å². The summed E-state index contributed by atoms with van der Waals surface area (Å²) in [5.41, 5.74) is 1.40. The molecule has 1 aromatic carbocycles. The lowest BCUT2D eigenvalue weighted by Gasteiger charge is -2.36. The third-order valence-electron chi connectivity index (χ3n) is 4.01. The highest BCUT2D eigenvalue weighted by Gasteiger charge is 2.24. The van der Waals surface area contributed by atoms with Crippen molar-refractivity contribution < 1.29 is 8.90 Å². The number of furan rings is 1. The van der Waals surface area contributed by atoms with Gasteiger partial charge in [-0.3, -0.25) is 0 Å². The van der Waals surface area contributed by atoms with Crippen molar-refractivity contribution in [3.05, 3.63) is 60.1 Å². The lowest BCUT2D eigenvalue weighted by Crippen LogP contribution is -2.46. The standard InChI is InChI=1S/C17H24NO/c1-15(11-12-17-10-7-13-19-17)18(2,3)14-16-8-5-4-6-9-16/h4-10,13,15H,11-12,14H2,1-3H3/q+1. The number of hydrogen-bond acceptors (Lipinski definition) is 1. The molecule has 0 fully saturated rings. The molecule has 0 amide bonds. The van der Waals surface area contributed by atoms with Crippen molar-refractivity contribution in [2.75, 3.05) is 14.1 Å². The van der Waals surface area contributed by atoms with Gasteiger partial charge >= 0.3 is 0 Å². The maximum absolute atomic E-state index is 5.41. The minimum atomic E-state index is 0.602. The molecule has 0 aliphatic rings. The maximum Gasteiger partial charge on any atom is 0.104 e. The Balaban J connectivity index is 1.91. The highest BCUT2D eigenvalue weighted by molar-refractivity contribution is 5.13. The van der Waals surface area contributed by atoms with Crippen LogP contribution in [0.1, 0.15) is 24.7 Å². The molecule has 1 aromatic heterocycles. The van der Waals surface area contributed by atoms with Crippen molar-refractivity contribution in [2.24, 2.45) is 0 Å². The minimum Gasteiger partial charge on any atom is -0.469 e. The second kappa shape index (κ2) is 6.07. The first-order valence-electron chi connectivity index (χ1n) is 6.97. The Labute approximate surface area is 116 Å². The van der Waals surface area contributed by atoms with Crippen LogP contribution in [0.4, 0.5) is 0 Å². The quantitative estimate of drug-likeness (QED) is 0.717. The van der Waals surface area contributed by atoms with Crippen LogP contribution in [-0.2, 0) is 13.0 Å². The van der Waals surface area contributed by atoms with E-state index in [-0.39, 0.29) is 0 Å². The van der Waals surface area contributed by atoms with Crippen LogP contribution in [0.5, 0.6) is 0 Å². The predicted octanol–water partition coefficient (Wildman–Crippen LogP) is 3.88. The fourth-order valence-electron chi connectivity index (χ4n) is 2.37. The summed E-state index contributed by atoms with van der Waals surface area (Å²) in [6, 6.07) is 15.3. The lowest BCUT2D eigenvalue weighted by atomic mass is 10.1. The van der Waals surface area contributed by atoms with Gasteiger partial charge in [-0.2, -0.15) is 0 Å². The number of rotatable bonds is 6. The summed E-state index contributed by atoms with van der Waals surface area (Å²) >= 11 is 0. The fourth-order valence-corrected chi connectivity index (χ4v) is 2.37. The molecule has 0 bridgehead atoms. The lowest BCUT2D eigenvalue weighted by molar-refractivity contribution is -0.926. The molecule has 102 valence electrons. The van der Waals surface area contributed by atoms with Gasteiger partial charge in [0.05, 0.1) is 26.4 Å². The SMILES string of the molecule is CC(CCc1ccco1)[N+](C)(C)Cc1ccccc1. The molecule has 0 spiro atoms. The van der Waals surface area contributed by atoms with Gasteiger partial charge in [0.25, 0.3) is 0 Å². The number of nitrogens with zero attached hydrogens (tertiary/aromatic N) is 1. The van der Waals surface area contributed by atoms with E-state index in [4.69, 9.17) is 4.42 Å². The second-order valence-corrected chi connectivity index (χ2v) is 5.89. The molecule has 1 atom stereocenters. The largest absolute Gasteiger partial charge is 0.469 e. The van der Waals surface area contributed by atoms with Crippen molar-refractivity contribution in [1.82, 2.24) is 0 Å². The molecule has 0 N–H and O–H groups in total. The zero-order valence-electron chi connectivity index (χ0n) is 12.2. The summed E-state index contributed by atoms with van der Waals surface area (Å²) in [5.74, 6) is 1.09.